The van der Waals surface area contributed by atoms with Crippen molar-refractivity contribution in [3.05, 3.63) is 93.5 Å². The highest BCUT2D eigenvalue weighted by molar-refractivity contribution is 8.27. The molecule has 3 aromatic rings. The van der Waals surface area contributed by atoms with Crippen LogP contribution in [0.1, 0.15) is 22.5 Å². The number of amidine groups is 2. The van der Waals surface area contributed by atoms with E-state index in [1.54, 1.807) is 24.3 Å². The number of aryl methyl sites for hydroxylation is 1. The second kappa shape index (κ2) is 8.13. The Labute approximate surface area is 198 Å². The van der Waals surface area contributed by atoms with Gasteiger partial charge in [0.05, 0.1) is 10.6 Å². The average Bonchev–Trinajstić information content (AvgIpc) is 3.33. The molecule has 0 saturated carbocycles. The summed E-state index contributed by atoms with van der Waals surface area (Å²) in [6.07, 6.45) is 1.65. The lowest BCUT2D eigenvalue weighted by Gasteiger charge is -2.20. The van der Waals surface area contributed by atoms with Crippen molar-refractivity contribution in [3.63, 3.8) is 0 Å². The van der Waals surface area contributed by atoms with Crippen molar-refractivity contribution in [1.29, 1.82) is 5.41 Å². The maximum atomic E-state index is 13.4. The minimum atomic E-state index is -0.499. The summed E-state index contributed by atoms with van der Waals surface area (Å²) >= 11 is 7.49. The van der Waals surface area contributed by atoms with Crippen LogP contribution >= 0.6 is 23.4 Å². The quantitative estimate of drug-likeness (QED) is 0.502. The summed E-state index contributed by atoms with van der Waals surface area (Å²) in [5, 5.41) is 15.9. The van der Waals surface area contributed by atoms with E-state index in [0.717, 1.165) is 28.2 Å². The van der Waals surface area contributed by atoms with Gasteiger partial charge in [-0.15, -0.1) is 0 Å². The zero-order valence-corrected chi connectivity index (χ0v) is 19.2. The predicted octanol–water partition coefficient (Wildman–Crippen LogP) is 5.55. The van der Waals surface area contributed by atoms with Gasteiger partial charge in [-0.1, -0.05) is 29.8 Å². The number of nitrogens with one attached hydrogen (secondary N) is 1. The number of rotatable bonds is 3. The number of hydrogen-bond acceptors (Lipinski definition) is 4. The van der Waals surface area contributed by atoms with Crippen LogP contribution in [0.2, 0.25) is 5.02 Å². The van der Waals surface area contributed by atoms with Gasteiger partial charge < -0.3 is 4.57 Å². The average molecular weight is 478 g/mol. The summed E-state index contributed by atoms with van der Waals surface area (Å²) in [5.74, 6) is -0.856. The minimum absolute atomic E-state index is 0.0499. The highest BCUT2D eigenvalue weighted by atomic mass is 35.5. The number of fused-ring (bicyclic) bond motifs is 1. The van der Waals surface area contributed by atoms with Crippen molar-refractivity contribution in [2.45, 2.75) is 13.8 Å². The zero-order valence-electron chi connectivity index (χ0n) is 17.6. The van der Waals surface area contributed by atoms with Gasteiger partial charge in [0.25, 0.3) is 5.91 Å². The molecule has 2 aliphatic rings. The third-order valence-corrected chi connectivity index (χ3v) is 6.69. The molecule has 5 rings (SSSR count). The first-order valence-corrected chi connectivity index (χ1v) is 11.2. The number of nitrogens with zero attached hydrogens (tertiary/aromatic N) is 4. The smallest absolute Gasteiger partial charge is 0.283 e. The van der Waals surface area contributed by atoms with E-state index in [2.05, 4.69) is 10.1 Å². The summed E-state index contributed by atoms with van der Waals surface area (Å²) in [4.78, 5) is 17.0. The molecule has 1 aromatic heterocycles. The second-order valence-electron chi connectivity index (χ2n) is 7.54. The summed E-state index contributed by atoms with van der Waals surface area (Å²) in [6.45, 7) is 3.84. The number of aliphatic imine (C=N–C) groups is 1. The topological polar surface area (TPSA) is 73.8 Å². The number of hydrazone groups is 1. The first kappa shape index (κ1) is 21.4. The lowest BCUT2D eigenvalue weighted by atomic mass is 10.1. The third kappa shape index (κ3) is 3.71. The highest BCUT2D eigenvalue weighted by Gasteiger charge is 2.36. The Kier molecular flexibility index (Phi) is 5.26. The SMILES string of the molecule is Cc1cc(C=C2C(=N)N3N=C(c4ccccc4Cl)SC3=NC2=O)c(C)n1-c1ccc(F)cc1. The molecule has 1 amide bonds. The van der Waals surface area contributed by atoms with Gasteiger partial charge in [-0.3, -0.25) is 10.2 Å². The van der Waals surface area contributed by atoms with Crippen molar-refractivity contribution in [2.24, 2.45) is 10.1 Å². The molecule has 0 fully saturated rings. The third-order valence-electron chi connectivity index (χ3n) is 5.41. The van der Waals surface area contributed by atoms with E-state index in [4.69, 9.17) is 17.0 Å². The Morgan fingerprint density at radius 1 is 1.12 bits per heavy atom. The Morgan fingerprint density at radius 3 is 2.58 bits per heavy atom. The summed E-state index contributed by atoms with van der Waals surface area (Å²) in [5.41, 5.74) is 4.22. The van der Waals surface area contributed by atoms with Crippen molar-refractivity contribution in [2.75, 3.05) is 0 Å². The number of carbonyl (C=O) groups is 1. The van der Waals surface area contributed by atoms with Gasteiger partial charge in [-0.2, -0.15) is 15.1 Å². The van der Waals surface area contributed by atoms with E-state index >= 15 is 0 Å². The lowest BCUT2D eigenvalue weighted by Crippen LogP contribution is -2.35. The summed E-state index contributed by atoms with van der Waals surface area (Å²) < 4.78 is 15.3. The molecule has 0 spiro atoms. The number of halogens is 2. The van der Waals surface area contributed by atoms with Crippen LogP contribution in [0.4, 0.5) is 4.39 Å². The number of benzene rings is 2. The van der Waals surface area contributed by atoms with Crippen LogP contribution < -0.4 is 0 Å². The van der Waals surface area contributed by atoms with E-state index in [9.17, 15) is 9.18 Å². The Balaban J connectivity index is 1.52. The van der Waals surface area contributed by atoms with E-state index in [1.165, 1.54) is 28.9 Å². The molecular weight excluding hydrogens is 461 g/mol. The van der Waals surface area contributed by atoms with Crippen LogP contribution in [0, 0.1) is 25.1 Å². The van der Waals surface area contributed by atoms with E-state index in [0.29, 0.717) is 15.2 Å². The Morgan fingerprint density at radius 2 is 1.85 bits per heavy atom. The van der Waals surface area contributed by atoms with Gasteiger partial charge in [0.2, 0.25) is 5.17 Å². The van der Waals surface area contributed by atoms with Crippen molar-refractivity contribution in [1.82, 2.24) is 9.58 Å². The first-order valence-electron chi connectivity index (χ1n) is 10.0. The standard InChI is InChI=1S/C24H17ClFN5OS/c1-13-11-15(14(2)30(13)17-9-7-16(26)8-10-17)12-19-21(27)31-24(28-22(19)32)33-23(29-31)18-5-3-4-6-20(18)25/h3-12,27H,1-2H3. The molecule has 0 unspecified atom stereocenters. The fourth-order valence-corrected chi connectivity index (χ4v) is 5.02. The normalized spacial score (nSPS) is 16.8. The molecule has 6 nitrogen and oxygen atoms in total. The van der Waals surface area contributed by atoms with Crippen molar-refractivity contribution in [3.8, 4) is 5.69 Å². The van der Waals surface area contributed by atoms with E-state index in [1.807, 2.05) is 42.7 Å². The fourth-order valence-electron chi connectivity index (χ4n) is 3.81. The highest BCUT2D eigenvalue weighted by Crippen LogP contribution is 2.33. The molecule has 0 radical (unpaired) electrons. The second-order valence-corrected chi connectivity index (χ2v) is 8.91. The number of hydrogen-bond donors (Lipinski definition) is 1. The number of aromatic nitrogens is 1. The van der Waals surface area contributed by atoms with Gasteiger partial charge in [-0.25, -0.2) is 4.39 Å². The van der Waals surface area contributed by atoms with Crippen LogP contribution in [0.15, 0.2) is 70.3 Å². The lowest BCUT2D eigenvalue weighted by molar-refractivity contribution is -0.114. The summed E-state index contributed by atoms with van der Waals surface area (Å²) in [6, 6.07) is 15.4. The molecule has 0 aliphatic carbocycles. The Bertz CT molecular complexity index is 1420. The van der Waals surface area contributed by atoms with Crippen LogP contribution in [-0.2, 0) is 4.79 Å². The maximum Gasteiger partial charge on any atom is 0.283 e. The molecule has 2 aromatic carbocycles. The number of carbonyl (C=O) groups excluding carboxylic acids is 1. The number of amides is 1. The zero-order chi connectivity index (χ0) is 23.3. The first-order chi connectivity index (χ1) is 15.8. The molecule has 1 N–H and O–H groups in total. The molecule has 0 atom stereocenters. The molecule has 0 saturated heterocycles. The maximum absolute atomic E-state index is 13.4. The molecule has 0 bridgehead atoms. The van der Waals surface area contributed by atoms with Crippen LogP contribution in [0.3, 0.4) is 0 Å². The van der Waals surface area contributed by atoms with E-state index < -0.39 is 5.91 Å². The monoisotopic (exact) mass is 477 g/mol. The Hall–Kier alpha value is -3.49. The van der Waals surface area contributed by atoms with Gasteiger partial charge in [-0.05, 0) is 73.6 Å². The van der Waals surface area contributed by atoms with Gasteiger partial charge in [0.15, 0.2) is 5.84 Å². The molecular formula is C24H17ClFN5OS. The largest absolute Gasteiger partial charge is 0.318 e. The van der Waals surface area contributed by atoms with Crippen molar-refractivity contribution >= 4 is 51.4 Å². The number of thioether (sulfide) groups is 1. The summed E-state index contributed by atoms with van der Waals surface area (Å²) in [7, 11) is 0. The molecule has 164 valence electrons. The fraction of sp³-hybridized carbons (Fsp3) is 0.0833. The molecule has 33 heavy (non-hydrogen) atoms. The van der Waals surface area contributed by atoms with Crippen LogP contribution in [0.25, 0.3) is 11.8 Å². The van der Waals surface area contributed by atoms with E-state index in [-0.39, 0.29) is 17.2 Å². The minimum Gasteiger partial charge on any atom is -0.318 e. The van der Waals surface area contributed by atoms with Crippen LogP contribution in [0.5, 0.6) is 0 Å². The van der Waals surface area contributed by atoms with Crippen molar-refractivity contribution < 1.29 is 9.18 Å². The van der Waals surface area contributed by atoms with Gasteiger partial charge >= 0.3 is 0 Å². The molecule has 3 heterocycles. The van der Waals surface area contributed by atoms with Gasteiger partial charge in [0, 0.05) is 22.6 Å². The van der Waals surface area contributed by atoms with Crippen LogP contribution in [-0.4, -0.2) is 31.5 Å². The molecule has 2 aliphatic heterocycles. The predicted molar refractivity (Wildman–Crippen MR) is 131 cm³/mol. The van der Waals surface area contributed by atoms with Gasteiger partial charge in [0.1, 0.15) is 10.9 Å². The molecule has 9 heteroatoms.